The summed E-state index contributed by atoms with van der Waals surface area (Å²) in [5.41, 5.74) is 6.74. The van der Waals surface area contributed by atoms with Gasteiger partial charge in [-0.1, -0.05) is 24.1 Å². The van der Waals surface area contributed by atoms with Crippen LogP contribution in [0.5, 0.6) is 0 Å². The van der Waals surface area contributed by atoms with E-state index in [-0.39, 0.29) is 12.3 Å². The summed E-state index contributed by atoms with van der Waals surface area (Å²) < 4.78 is 25.6. The molecule has 0 unspecified atom stereocenters. The zero-order chi connectivity index (χ0) is 12.0. The third-order valence-corrected chi connectivity index (χ3v) is 3.23. The van der Waals surface area contributed by atoms with Crippen LogP contribution in [0.4, 0.5) is 5.69 Å². The van der Waals surface area contributed by atoms with Gasteiger partial charge in [-0.15, -0.1) is 5.92 Å². The Hall–Kier alpha value is -1.51. The van der Waals surface area contributed by atoms with E-state index in [4.69, 9.17) is 5.73 Å². The van der Waals surface area contributed by atoms with Crippen molar-refractivity contribution in [3.05, 3.63) is 29.8 Å². The molecule has 0 aliphatic rings. The average Bonchev–Trinajstić information content (AvgIpc) is 2.21. The van der Waals surface area contributed by atoms with Gasteiger partial charge in [-0.25, -0.2) is 13.1 Å². The number of nitrogens with one attached hydrogen (secondary N) is 1. The summed E-state index contributed by atoms with van der Waals surface area (Å²) >= 11 is 0. The maximum absolute atomic E-state index is 11.6. The second-order valence-corrected chi connectivity index (χ2v) is 5.01. The van der Waals surface area contributed by atoms with Crippen molar-refractivity contribution < 1.29 is 8.42 Å². The van der Waals surface area contributed by atoms with E-state index in [9.17, 15) is 8.42 Å². The predicted molar refractivity (Wildman–Crippen MR) is 64.9 cm³/mol. The van der Waals surface area contributed by atoms with E-state index in [2.05, 4.69) is 16.6 Å². The molecule has 1 rings (SSSR count). The Morgan fingerprint density at radius 1 is 1.38 bits per heavy atom. The molecule has 0 radical (unpaired) electrons. The second-order valence-electron chi connectivity index (χ2n) is 3.21. The number of sulfonamides is 1. The third kappa shape index (κ3) is 3.93. The molecular formula is C11H14N2O2S. The number of benzene rings is 1. The van der Waals surface area contributed by atoms with Crippen molar-refractivity contribution in [1.82, 2.24) is 4.72 Å². The fourth-order valence-corrected chi connectivity index (χ4v) is 2.22. The molecule has 0 heterocycles. The number of para-hydroxylation sites is 1. The van der Waals surface area contributed by atoms with E-state index in [1.165, 1.54) is 0 Å². The van der Waals surface area contributed by atoms with Crippen molar-refractivity contribution in [2.75, 3.05) is 12.3 Å². The minimum absolute atomic E-state index is 0.120. The van der Waals surface area contributed by atoms with Gasteiger partial charge in [-0.2, -0.15) is 0 Å². The van der Waals surface area contributed by atoms with Crippen molar-refractivity contribution in [3.63, 3.8) is 0 Å². The minimum Gasteiger partial charge on any atom is -0.398 e. The predicted octanol–water partition coefficient (Wildman–Crippen LogP) is 0.712. The standard InChI is InChI=1S/C11H14N2O2S/c1-2-3-8-13-16(14,15)9-10-6-4-5-7-11(10)12/h4-7,13H,8-9,12H2,1H3. The van der Waals surface area contributed by atoms with Gasteiger partial charge in [-0.05, 0) is 18.6 Å². The highest BCUT2D eigenvalue weighted by Gasteiger charge is 2.11. The first-order valence-corrected chi connectivity index (χ1v) is 6.41. The Labute approximate surface area is 95.9 Å². The third-order valence-electron chi connectivity index (χ3n) is 1.96. The van der Waals surface area contributed by atoms with E-state index >= 15 is 0 Å². The molecule has 4 nitrogen and oxygen atoms in total. The summed E-state index contributed by atoms with van der Waals surface area (Å²) in [5.74, 6) is 5.13. The van der Waals surface area contributed by atoms with Crippen LogP contribution in [0.15, 0.2) is 24.3 Å². The summed E-state index contributed by atoms with van der Waals surface area (Å²) in [6.45, 7) is 1.79. The molecule has 0 atom stereocenters. The molecule has 0 aliphatic carbocycles. The monoisotopic (exact) mass is 238 g/mol. The van der Waals surface area contributed by atoms with Gasteiger partial charge in [0, 0.05) is 5.69 Å². The maximum Gasteiger partial charge on any atom is 0.216 e. The summed E-state index contributed by atoms with van der Waals surface area (Å²) in [6.07, 6.45) is 0. The van der Waals surface area contributed by atoms with E-state index in [1.807, 2.05) is 0 Å². The van der Waals surface area contributed by atoms with Gasteiger partial charge in [0.15, 0.2) is 0 Å². The number of nitrogens with two attached hydrogens (primary N) is 1. The Kier molecular flexibility index (Phi) is 4.35. The van der Waals surface area contributed by atoms with Crippen LogP contribution in [0.2, 0.25) is 0 Å². The minimum atomic E-state index is -3.36. The largest absolute Gasteiger partial charge is 0.398 e. The van der Waals surface area contributed by atoms with Crippen LogP contribution >= 0.6 is 0 Å². The molecule has 0 amide bonds. The van der Waals surface area contributed by atoms with Gasteiger partial charge >= 0.3 is 0 Å². The lowest BCUT2D eigenvalue weighted by Gasteiger charge is -2.06. The molecule has 0 aromatic heterocycles. The second kappa shape index (κ2) is 5.54. The molecule has 0 saturated heterocycles. The van der Waals surface area contributed by atoms with Gasteiger partial charge in [0.25, 0.3) is 0 Å². The molecular weight excluding hydrogens is 224 g/mol. The SMILES string of the molecule is CC#CCNS(=O)(=O)Cc1ccccc1N. The summed E-state index contributed by atoms with van der Waals surface area (Å²) in [5, 5.41) is 0. The van der Waals surface area contributed by atoms with Crippen molar-refractivity contribution in [2.24, 2.45) is 0 Å². The van der Waals surface area contributed by atoms with E-state index in [1.54, 1.807) is 31.2 Å². The quantitative estimate of drug-likeness (QED) is 0.599. The van der Waals surface area contributed by atoms with Gasteiger partial charge < -0.3 is 5.73 Å². The fraction of sp³-hybridized carbons (Fsp3) is 0.273. The van der Waals surface area contributed by atoms with Crippen molar-refractivity contribution in [1.29, 1.82) is 0 Å². The van der Waals surface area contributed by atoms with Crippen LogP contribution in [0.25, 0.3) is 0 Å². The molecule has 1 aromatic rings. The normalized spacial score (nSPS) is 10.6. The molecule has 0 aliphatic heterocycles. The first-order valence-electron chi connectivity index (χ1n) is 4.75. The van der Waals surface area contributed by atoms with Crippen LogP contribution < -0.4 is 10.5 Å². The highest BCUT2D eigenvalue weighted by molar-refractivity contribution is 7.88. The van der Waals surface area contributed by atoms with E-state index in [0.29, 0.717) is 11.3 Å². The lowest BCUT2D eigenvalue weighted by atomic mass is 10.2. The molecule has 86 valence electrons. The van der Waals surface area contributed by atoms with Crippen LogP contribution in [0.1, 0.15) is 12.5 Å². The molecule has 1 aromatic carbocycles. The molecule has 3 N–H and O–H groups in total. The lowest BCUT2D eigenvalue weighted by molar-refractivity contribution is 0.585. The fourth-order valence-electron chi connectivity index (χ4n) is 1.16. The molecule has 0 fully saturated rings. The highest BCUT2D eigenvalue weighted by Crippen LogP contribution is 2.13. The van der Waals surface area contributed by atoms with Crippen molar-refractivity contribution in [2.45, 2.75) is 12.7 Å². The molecule has 0 spiro atoms. The highest BCUT2D eigenvalue weighted by atomic mass is 32.2. The van der Waals surface area contributed by atoms with Crippen LogP contribution in [0.3, 0.4) is 0 Å². The van der Waals surface area contributed by atoms with Crippen molar-refractivity contribution in [3.8, 4) is 11.8 Å². The van der Waals surface area contributed by atoms with Crippen LogP contribution in [-0.4, -0.2) is 15.0 Å². The van der Waals surface area contributed by atoms with Gasteiger partial charge in [0.1, 0.15) is 0 Å². The number of hydrogen-bond acceptors (Lipinski definition) is 3. The molecule has 16 heavy (non-hydrogen) atoms. The summed E-state index contributed by atoms with van der Waals surface area (Å²) in [6, 6.07) is 6.89. The van der Waals surface area contributed by atoms with E-state index in [0.717, 1.165) is 0 Å². The van der Waals surface area contributed by atoms with Gasteiger partial charge in [0.05, 0.1) is 12.3 Å². The number of anilines is 1. The molecule has 0 bridgehead atoms. The number of rotatable bonds is 4. The molecule has 5 heteroatoms. The van der Waals surface area contributed by atoms with Gasteiger partial charge in [-0.3, -0.25) is 0 Å². The Morgan fingerprint density at radius 2 is 2.06 bits per heavy atom. The van der Waals surface area contributed by atoms with Crippen LogP contribution in [-0.2, 0) is 15.8 Å². The van der Waals surface area contributed by atoms with Crippen molar-refractivity contribution >= 4 is 15.7 Å². The van der Waals surface area contributed by atoms with Crippen LogP contribution in [0, 0.1) is 11.8 Å². The maximum atomic E-state index is 11.6. The first kappa shape index (κ1) is 12.6. The zero-order valence-electron chi connectivity index (χ0n) is 9.03. The number of hydrogen-bond donors (Lipinski definition) is 2. The molecule has 0 saturated carbocycles. The van der Waals surface area contributed by atoms with Gasteiger partial charge in [0.2, 0.25) is 10.0 Å². The zero-order valence-corrected chi connectivity index (χ0v) is 9.84. The Morgan fingerprint density at radius 3 is 2.69 bits per heavy atom. The Bertz CT molecular complexity index is 512. The topological polar surface area (TPSA) is 72.2 Å². The summed E-state index contributed by atoms with van der Waals surface area (Å²) in [4.78, 5) is 0. The lowest BCUT2D eigenvalue weighted by Crippen LogP contribution is -2.25. The number of nitrogen functional groups attached to an aromatic ring is 1. The average molecular weight is 238 g/mol. The Balaban J connectivity index is 2.72. The summed E-state index contributed by atoms with van der Waals surface area (Å²) in [7, 11) is -3.36. The smallest absolute Gasteiger partial charge is 0.216 e. The first-order chi connectivity index (χ1) is 7.55. The van der Waals surface area contributed by atoms with E-state index < -0.39 is 10.0 Å².